The van der Waals surface area contributed by atoms with E-state index in [-0.39, 0.29) is 0 Å². The van der Waals surface area contributed by atoms with Crippen molar-refractivity contribution in [3.8, 4) is 6.19 Å². The molecule has 1 fully saturated rings. The molecule has 0 saturated heterocycles. The highest BCUT2D eigenvalue weighted by Gasteiger charge is 2.14. The second-order valence-corrected chi connectivity index (χ2v) is 4.79. The van der Waals surface area contributed by atoms with Gasteiger partial charge in [-0.2, -0.15) is 5.26 Å². The van der Waals surface area contributed by atoms with Crippen LogP contribution in [0.15, 0.2) is 12.4 Å². The Morgan fingerprint density at radius 3 is 2.94 bits per heavy atom. The van der Waals surface area contributed by atoms with Gasteiger partial charge in [0.1, 0.15) is 18.0 Å². The van der Waals surface area contributed by atoms with Crippen molar-refractivity contribution in [1.29, 1.82) is 5.26 Å². The van der Waals surface area contributed by atoms with E-state index in [1.165, 1.54) is 43.3 Å². The number of aromatic nitrogens is 2. The van der Waals surface area contributed by atoms with Crippen molar-refractivity contribution in [2.75, 3.05) is 23.8 Å². The molecule has 1 aliphatic rings. The maximum Gasteiger partial charge on any atom is 0.185 e. The molecule has 1 N–H and O–H groups in total. The number of hydrogen-bond acceptors (Lipinski definition) is 5. The fourth-order valence-corrected chi connectivity index (χ4v) is 2.38. The Hall–Kier alpha value is -1.83. The van der Waals surface area contributed by atoms with Gasteiger partial charge in [-0.05, 0) is 12.3 Å². The van der Waals surface area contributed by atoms with Gasteiger partial charge >= 0.3 is 0 Å². The molecular weight excluding hydrogens is 226 g/mol. The first-order valence-electron chi connectivity index (χ1n) is 6.49. The summed E-state index contributed by atoms with van der Waals surface area (Å²) >= 11 is 0. The predicted octanol–water partition coefficient (Wildman–Crippen LogP) is 2.39. The van der Waals surface area contributed by atoms with Crippen LogP contribution in [0, 0.1) is 17.4 Å². The molecule has 0 radical (unpaired) electrons. The van der Waals surface area contributed by atoms with Crippen molar-refractivity contribution in [3.05, 3.63) is 12.4 Å². The van der Waals surface area contributed by atoms with E-state index in [9.17, 15) is 0 Å². The number of nitrogens with one attached hydrogen (secondary N) is 1. The predicted molar refractivity (Wildman–Crippen MR) is 71.1 cm³/mol. The Kier molecular flexibility index (Phi) is 4.35. The van der Waals surface area contributed by atoms with Crippen LogP contribution in [-0.2, 0) is 0 Å². The van der Waals surface area contributed by atoms with Gasteiger partial charge in [-0.1, -0.05) is 25.7 Å². The van der Waals surface area contributed by atoms with Crippen molar-refractivity contribution >= 4 is 11.6 Å². The van der Waals surface area contributed by atoms with Crippen molar-refractivity contribution in [2.45, 2.75) is 32.1 Å². The molecule has 5 heteroatoms. The highest BCUT2D eigenvalue weighted by atomic mass is 15.2. The first kappa shape index (κ1) is 12.6. The van der Waals surface area contributed by atoms with Gasteiger partial charge in [0.15, 0.2) is 6.19 Å². The van der Waals surface area contributed by atoms with Crippen LogP contribution in [0.25, 0.3) is 0 Å². The summed E-state index contributed by atoms with van der Waals surface area (Å²) in [5.74, 6) is 2.29. The zero-order valence-electron chi connectivity index (χ0n) is 10.8. The van der Waals surface area contributed by atoms with Crippen molar-refractivity contribution in [1.82, 2.24) is 9.97 Å². The van der Waals surface area contributed by atoms with Crippen molar-refractivity contribution in [3.63, 3.8) is 0 Å². The molecule has 1 heterocycles. The standard InChI is InChI=1S/C13H19N5/c1-18(9-14)13-8-12(16-10-17-13)15-7-6-11-4-2-3-5-11/h8,10-11H,2-7H2,1H3,(H,15,16,17). The maximum atomic E-state index is 8.79. The zero-order valence-corrected chi connectivity index (χ0v) is 10.8. The average Bonchev–Trinajstić information content (AvgIpc) is 2.91. The molecule has 0 aliphatic heterocycles. The summed E-state index contributed by atoms with van der Waals surface area (Å²) in [4.78, 5) is 9.63. The summed E-state index contributed by atoms with van der Waals surface area (Å²) in [5, 5.41) is 12.1. The molecule has 0 spiro atoms. The van der Waals surface area contributed by atoms with Crippen LogP contribution in [0.3, 0.4) is 0 Å². The number of anilines is 2. The molecule has 0 atom stereocenters. The molecule has 0 bridgehead atoms. The third-order valence-corrected chi connectivity index (χ3v) is 3.48. The van der Waals surface area contributed by atoms with Crippen LogP contribution in [0.2, 0.25) is 0 Å². The van der Waals surface area contributed by atoms with Crippen LogP contribution < -0.4 is 10.2 Å². The Morgan fingerprint density at radius 1 is 1.44 bits per heavy atom. The summed E-state index contributed by atoms with van der Waals surface area (Å²) in [6.45, 7) is 0.942. The molecule has 5 nitrogen and oxygen atoms in total. The minimum absolute atomic E-state index is 0.621. The van der Waals surface area contributed by atoms with E-state index in [2.05, 4.69) is 15.3 Å². The second kappa shape index (κ2) is 6.20. The highest BCUT2D eigenvalue weighted by Crippen LogP contribution is 2.27. The van der Waals surface area contributed by atoms with Crippen molar-refractivity contribution in [2.24, 2.45) is 5.92 Å². The lowest BCUT2D eigenvalue weighted by atomic mass is 10.0. The number of nitrogens with zero attached hydrogens (tertiary/aromatic N) is 4. The van der Waals surface area contributed by atoms with Crippen molar-refractivity contribution < 1.29 is 0 Å². The summed E-state index contributed by atoms with van der Waals surface area (Å²) in [5.41, 5.74) is 0. The summed E-state index contributed by atoms with van der Waals surface area (Å²) in [7, 11) is 1.69. The van der Waals surface area contributed by atoms with Crippen LogP contribution in [0.1, 0.15) is 32.1 Å². The highest BCUT2D eigenvalue weighted by molar-refractivity contribution is 5.50. The second-order valence-electron chi connectivity index (χ2n) is 4.79. The molecule has 96 valence electrons. The van der Waals surface area contributed by atoms with Crippen LogP contribution in [0.5, 0.6) is 0 Å². The van der Waals surface area contributed by atoms with Crippen LogP contribution >= 0.6 is 0 Å². The lowest BCUT2D eigenvalue weighted by Gasteiger charge is -2.12. The van der Waals surface area contributed by atoms with Crippen LogP contribution in [0.4, 0.5) is 11.6 Å². The summed E-state index contributed by atoms with van der Waals surface area (Å²) in [6, 6.07) is 1.80. The first-order valence-corrected chi connectivity index (χ1v) is 6.49. The van der Waals surface area contributed by atoms with E-state index < -0.39 is 0 Å². The lowest BCUT2D eigenvalue weighted by molar-refractivity contribution is 0.518. The Labute approximate surface area is 108 Å². The first-order chi connectivity index (χ1) is 8.79. The number of hydrogen-bond donors (Lipinski definition) is 1. The summed E-state index contributed by atoms with van der Waals surface area (Å²) in [6.07, 6.45) is 10.2. The average molecular weight is 245 g/mol. The lowest BCUT2D eigenvalue weighted by Crippen LogP contribution is -2.12. The van der Waals surface area contributed by atoms with E-state index in [1.54, 1.807) is 13.1 Å². The van der Waals surface area contributed by atoms with Gasteiger partial charge in [-0.15, -0.1) is 0 Å². The Balaban J connectivity index is 1.83. The maximum absolute atomic E-state index is 8.79. The quantitative estimate of drug-likeness (QED) is 0.637. The molecule has 1 aliphatic carbocycles. The topological polar surface area (TPSA) is 64.8 Å². The Bertz CT molecular complexity index is 420. The largest absolute Gasteiger partial charge is 0.370 e. The van der Waals surface area contributed by atoms with E-state index in [4.69, 9.17) is 5.26 Å². The molecule has 18 heavy (non-hydrogen) atoms. The van der Waals surface area contributed by atoms with Gasteiger partial charge in [-0.3, -0.25) is 4.90 Å². The van der Waals surface area contributed by atoms with Gasteiger partial charge in [-0.25, -0.2) is 9.97 Å². The molecule has 1 aromatic heterocycles. The fourth-order valence-electron chi connectivity index (χ4n) is 2.38. The summed E-state index contributed by atoms with van der Waals surface area (Å²) < 4.78 is 0. The molecule has 0 unspecified atom stereocenters. The van der Waals surface area contributed by atoms with Gasteiger partial charge < -0.3 is 5.32 Å². The smallest absolute Gasteiger partial charge is 0.185 e. The molecule has 0 amide bonds. The normalized spacial score (nSPS) is 15.3. The molecule has 1 aromatic rings. The van der Waals surface area contributed by atoms with E-state index >= 15 is 0 Å². The number of rotatable bonds is 5. The SMILES string of the molecule is CN(C#N)c1cc(NCCC2CCCC2)ncn1. The molecular formula is C13H19N5. The fraction of sp³-hybridized carbons (Fsp3) is 0.615. The van der Waals surface area contributed by atoms with E-state index in [0.717, 1.165) is 18.3 Å². The molecule has 2 rings (SSSR count). The van der Waals surface area contributed by atoms with Gasteiger partial charge in [0.2, 0.25) is 0 Å². The van der Waals surface area contributed by atoms with Gasteiger partial charge in [0.25, 0.3) is 0 Å². The minimum Gasteiger partial charge on any atom is -0.370 e. The van der Waals surface area contributed by atoms with Crippen LogP contribution in [-0.4, -0.2) is 23.6 Å². The molecule has 0 aromatic carbocycles. The molecule has 1 saturated carbocycles. The van der Waals surface area contributed by atoms with Gasteiger partial charge in [0.05, 0.1) is 0 Å². The Morgan fingerprint density at radius 2 is 2.22 bits per heavy atom. The third kappa shape index (κ3) is 3.33. The monoisotopic (exact) mass is 245 g/mol. The third-order valence-electron chi connectivity index (χ3n) is 3.48. The van der Waals surface area contributed by atoms with E-state index in [1.807, 2.05) is 6.19 Å². The zero-order chi connectivity index (χ0) is 12.8. The minimum atomic E-state index is 0.621. The van der Waals surface area contributed by atoms with Gasteiger partial charge in [0, 0.05) is 19.7 Å². The van der Waals surface area contributed by atoms with E-state index in [0.29, 0.717) is 5.82 Å². The number of nitriles is 1.